The molecule has 0 N–H and O–H groups in total. The average molecular weight is 242 g/mol. The lowest BCUT2D eigenvalue weighted by Gasteiger charge is -2.40. The van der Waals surface area contributed by atoms with E-state index >= 15 is 0 Å². The van der Waals surface area contributed by atoms with E-state index in [1.165, 1.54) is 6.08 Å². The van der Waals surface area contributed by atoms with Gasteiger partial charge in [-0.2, -0.15) is 0 Å². The predicted octanol–water partition coefficient (Wildman–Crippen LogP) is 1.94. The van der Waals surface area contributed by atoms with Crippen LogP contribution in [0.5, 0.6) is 0 Å². The number of allylic oxidation sites excluding steroid dienone is 1. The van der Waals surface area contributed by atoms with E-state index in [4.69, 9.17) is 14.2 Å². The molecule has 1 heterocycles. The minimum Gasteiger partial charge on any atom is -0.462 e. The molecule has 17 heavy (non-hydrogen) atoms. The van der Waals surface area contributed by atoms with Crippen LogP contribution >= 0.6 is 0 Å². The van der Waals surface area contributed by atoms with Crippen LogP contribution in [0.4, 0.5) is 0 Å². The van der Waals surface area contributed by atoms with Gasteiger partial charge in [-0.05, 0) is 13.3 Å². The Balaban J connectivity index is 1.96. The fraction of sp³-hybridized carbons (Fsp3) is 0.769. The molecule has 0 amide bonds. The quantitative estimate of drug-likeness (QED) is 0.371. The van der Waals surface area contributed by atoms with Gasteiger partial charge in [0.25, 0.3) is 0 Å². The van der Waals surface area contributed by atoms with Crippen molar-refractivity contribution in [1.29, 1.82) is 0 Å². The molecular weight excluding hydrogens is 220 g/mol. The molecule has 1 rings (SSSR count). The fourth-order valence-electron chi connectivity index (χ4n) is 1.59. The number of hydrogen-bond donors (Lipinski definition) is 0. The van der Waals surface area contributed by atoms with Crippen molar-refractivity contribution in [2.75, 3.05) is 33.0 Å². The van der Waals surface area contributed by atoms with Gasteiger partial charge in [-0.15, -0.1) is 0 Å². The normalized spacial score (nSPS) is 18.0. The Morgan fingerprint density at radius 1 is 1.41 bits per heavy atom. The zero-order valence-electron chi connectivity index (χ0n) is 10.7. The standard InChI is InChI=1S/C13H22O4/c1-3-6-12(14)17-8-5-7-15-9-13(4-2)10-16-11-13/h3,6H,4-5,7-11H2,1-2H3. The van der Waals surface area contributed by atoms with Crippen LogP contribution in [0.3, 0.4) is 0 Å². The van der Waals surface area contributed by atoms with Gasteiger partial charge in [-0.3, -0.25) is 0 Å². The van der Waals surface area contributed by atoms with E-state index in [1.807, 2.05) is 0 Å². The van der Waals surface area contributed by atoms with Gasteiger partial charge in [-0.25, -0.2) is 4.79 Å². The maximum absolute atomic E-state index is 11.0. The maximum atomic E-state index is 11.0. The molecule has 4 heteroatoms. The van der Waals surface area contributed by atoms with Crippen molar-refractivity contribution in [3.8, 4) is 0 Å². The lowest BCUT2D eigenvalue weighted by molar-refractivity contribution is -0.151. The molecule has 0 aliphatic carbocycles. The van der Waals surface area contributed by atoms with Gasteiger partial charge in [0, 0.05) is 24.5 Å². The fourth-order valence-corrected chi connectivity index (χ4v) is 1.59. The second-order valence-corrected chi connectivity index (χ2v) is 4.42. The lowest BCUT2D eigenvalue weighted by atomic mass is 9.84. The number of carbonyl (C=O) groups excluding carboxylic acids is 1. The number of hydrogen-bond acceptors (Lipinski definition) is 4. The smallest absolute Gasteiger partial charge is 0.330 e. The topological polar surface area (TPSA) is 44.8 Å². The SMILES string of the molecule is CC=CC(=O)OCCCOCC1(CC)COC1. The average Bonchev–Trinajstić information content (AvgIpc) is 2.26. The largest absolute Gasteiger partial charge is 0.462 e. The van der Waals surface area contributed by atoms with Gasteiger partial charge in [-0.1, -0.05) is 13.0 Å². The highest BCUT2D eigenvalue weighted by atomic mass is 16.5. The van der Waals surface area contributed by atoms with E-state index in [1.54, 1.807) is 13.0 Å². The molecule has 0 aromatic heterocycles. The third kappa shape index (κ3) is 4.88. The van der Waals surface area contributed by atoms with Crippen molar-refractivity contribution in [2.24, 2.45) is 5.41 Å². The van der Waals surface area contributed by atoms with Crippen LogP contribution in [0.15, 0.2) is 12.2 Å². The first-order valence-corrected chi connectivity index (χ1v) is 6.17. The molecule has 0 spiro atoms. The number of esters is 1. The van der Waals surface area contributed by atoms with Crippen molar-refractivity contribution in [1.82, 2.24) is 0 Å². The predicted molar refractivity (Wildman–Crippen MR) is 64.8 cm³/mol. The van der Waals surface area contributed by atoms with Gasteiger partial charge < -0.3 is 14.2 Å². The van der Waals surface area contributed by atoms with E-state index in [-0.39, 0.29) is 11.4 Å². The Morgan fingerprint density at radius 2 is 2.18 bits per heavy atom. The summed E-state index contributed by atoms with van der Waals surface area (Å²) in [6, 6.07) is 0. The minimum atomic E-state index is -0.287. The Hall–Kier alpha value is -0.870. The maximum Gasteiger partial charge on any atom is 0.330 e. The Bertz CT molecular complexity index is 251. The van der Waals surface area contributed by atoms with E-state index in [0.717, 1.165) is 32.7 Å². The highest BCUT2D eigenvalue weighted by molar-refractivity contribution is 5.81. The Morgan fingerprint density at radius 3 is 2.71 bits per heavy atom. The van der Waals surface area contributed by atoms with E-state index in [0.29, 0.717) is 13.2 Å². The molecule has 0 radical (unpaired) electrons. The zero-order valence-corrected chi connectivity index (χ0v) is 10.7. The molecule has 0 atom stereocenters. The minimum absolute atomic E-state index is 0.238. The van der Waals surface area contributed by atoms with Crippen LogP contribution in [0.2, 0.25) is 0 Å². The van der Waals surface area contributed by atoms with Crippen molar-refractivity contribution in [2.45, 2.75) is 26.7 Å². The molecule has 0 bridgehead atoms. The third-order valence-electron chi connectivity index (χ3n) is 2.95. The van der Waals surface area contributed by atoms with Crippen molar-refractivity contribution < 1.29 is 19.0 Å². The Labute approximate surface area is 103 Å². The number of rotatable bonds is 8. The summed E-state index contributed by atoms with van der Waals surface area (Å²) in [5, 5.41) is 0. The summed E-state index contributed by atoms with van der Waals surface area (Å²) >= 11 is 0. The summed E-state index contributed by atoms with van der Waals surface area (Å²) in [6.45, 7) is 7.34. The van der Waals surface area contributed by atoms with Crippen LogP contribution in [0, 0.1) is 5.41 Å². The van der Waals surface area contributed by atoms with Crippen molar-refractivity contribution >= 4 is 5.97 Å². The molecule has 98 valence electrons. The molecule has 0 unspecified atom stereocenters. The van der Waals surface area contributed by atoms with Crippen LogP contribution in [0.1, 0.15) is 26.7 Å². The molecule has 4 nitrogen and oxygen atoms in total. The van der Waals surface area contributed by atoms with Crippen molar-refractivity contribution in [3.63, 3.8) is 0 Å². The molecule has 1 saturated heterocycles. The van der Waals surface area contributed by atoms with Crippen molar-refractivity contribution in [3.05, 3.63) is 12.2 Å². The first-order chi connectivity index (χ1) is 8.22. The van der Waals surface area contributed by atoms with Gasteiger partial charge in [0.1, 0.15) is 0 Å². The summed E-state index contributed by atoms with van der Waals surface area (Å²) in [4.78, 5) is 11.0. The first kappa shape index (κ1) is 14.2. The number of carbonyl (C=O) groups is 1. The molecule has 0 saturated carbocycles. The summed E-state index contributed by atoms with van der Waals surface area (Å²) in [7, 11) is 0. The van der Waals surface area contributed by atoms with Crippen LogP contribution < -0.4 is 0 Å². The third-order valence-corrected chi connectivity index (χ3v) is 2.95. The second kappa shape index (κ2) is 7.45. The monoisotopic (exact) mass is 242 g/mol. The van der Waals surface area contributed by atoms with Gasteiger partial charge in [0.15, 0.2) is 0 Å². The lowest BCUT2D eigenvalue weighted by Crippen LogP contribution is -2.45. The molecular formula is C13H22O4. The first-order valence-electron chi connectivity index (χ1n) is 6.17. The summed E-state index contributed by atoms with van der Waals surface area (Å²) in [5.74, 6) is -0.287. The van der Waals surface area contributed by atoms with E-state index < -0.39 is 0 Å². The van der Waals surface area contributed by atoms with Crippen LogP contribution in [-0.2, 0) is 19.0 Å². The van der Waals surface area contributed by atoms with Gasteiger partial charge >= 0.3 is 5.97 Å². The number of ether oxygens (including phenoxy) is 3. The molecule has 1 aliphatic rings. The summed E-state index contributed by atoms with van der Waals surface area (Å²) in [5.41, 5.74) is 0.238. The van der Waals surface area contributed by atoms with Gasteiger partial charge in [0.05, 0.1) is 26.4 Å². The highest BCUT2D eigenvalue weighted by Crippen LogP contribution is 2.31. The molecule has 1 aliphatic heterocycles. The summed E-state index contributed by atoms with van der Waals surface area (Å²) < 4.78 is 15.7. The van der Waals surface area contributed by atoms with Crippen LogP contribution in [0.25, 0.3) is 0 Å². The van der Waals surface area contributed by atoms with E-state index in [9.17, 15) is 4.79 Å². The molecule has 0 aromatic carbocycles. The highest BCUT2D eigenvalue weighted by Gasteiger charge is 2.36. The van der Waals surface area contributed by atoms with Crippen LogP contribution in [-0.4, -0.2) is 39.0 Å². The van der Waals surface area contributed by atoms with E-state index in [2.05, 4.69) is 6.92 Å². The second-order valence-electron chi connectivity index (χ2n) is 4.42. The summed E-state index contributed by atoms with van der Waals surface area (Å²) in [6.07, 6.45) is 4.91. The van der Waals surface area contributed by atoms with Gasteiger partial charge in [0.2, 0.25) is 0 Å². The molecule has 0 aromatic rings. The zero-order chi connectivity index (χ0) is 12.6. The Kier molecular flexibility index (Phi) is 6.22. The molecule has 1 fully saturated rings.